The Kier molecular flexibility index (Phi) is 5.84. The highest BCUT2D eigenvalue weighted by Gasteiger charge is 2.22. The van der Waals surface area contributed by atoms with Gasteiger partial charge in [0.2, 0.25) is 0 Å². The van der Waals surface area contributed by atoms with Crippen molar-refractivity contribution in [3.63, 3.8) is 0 Å². The molecule has 1 atom stereocenters. The van der Waals surface area contributed by atoms with Gasteiger partial charge < -0.3 is 4.74 Å². The van der Waals surface area contributed by atoms with Crippen LogP contribution >= 0.6 is 0 Å². The van der Waals surface area contributed by atoms with Crippen molar-refractivity contribution in [3.8, 4) is 6.07 Å². The molecule has 0 aromatic rings. The van der Waals surface area contributed by atoms with Crippen LogP contribution in [0.25, 0.3) is 0 Å². The number of esters is 1. The molecule has 0 saturated carbocycles. The topological polar surface area (TPSA) is 50.1 Å². The lowest BCUT2D eigenvalue weighted by molar-refractivity contribution is -0.141. The third-order valence-corrected chi connectivity index (χ3v) is 2.78. The minimum absolute atomic E-state index is 0.0333. The van der Waals surface area contributed by atoms with Crippen molar-refractivity contribution in [2.45, 2.75) is 63.9 Å². The predicted octanol–water partition coefficient (Wildman–Crippen LogP) is 2.95. The van der Waals surface area contributed by atoms with Gasteiger partial charge in [0.05, 0.1) is 6.07 Å². The molecule has 15 heavy (non-hydrogen) atoms. The predicted molar refractivity (Wildman–Crippen MR) is 57.0 cm³/mol. The van der Waals surface area contributed by atoms with Gasteiger partial charge in [0.1, 0.15) is 6.10 Å². The first-order valence-electron chi connectivity index (χ1n) is 5.89. The molecular formula is C12H19NO2. The smallest absolute Gasteiger partial charge is 0.306 e. The SMILES string of the molecule is N#CCCCCCCC[C@H]1CCC(=O)O1. The van der Waals surface area contributed by atoms with E-state index in [1.807, 2.05) is 0 Å². The maximum absolute atomic E-state index is 10.8. The largest absolute Gasteiger partial charge is 0.462 e. The summed E-state index contributed by atoms with van der Waals surface area (Å²) in [5.74, 6) is -0.0333. The van der Waals surface area contributed by atoms with Crippen molar-refractivity contribution in [2.24, 2.45) is 0 Å². The first-order valence-corrected chi connectivity index (χ1v) is 5.89. The Labute approximate surface area is 91.4 Å². The summed E-state index contributed by atoms with van der Waals surface area (Å²) in [5.41, 5.74) is 0. The van der Waals surface area contributed by atoms with E-state index in [-0.39, 0.29) is 12.1 Å². The number of hydrogen-bond acceptors (Lipinski definition) is 3. The third-order valence-electron chi connectivity index (χ3n) is 2.78. The standard InChI is InChI=1S/C12H19NO2/c13-10-6-4-2-1-3-5-7-11-8-9-12(14)15-11/h11H,1-9H2/t11-/m0/s1. The normalized spacial score (nSPS) is 19.9. The van der Waals surface area contributed by atoms with Gasteiger partial charge in [0.25, 0.3) is 0 Å². The Bertz CT molecular complexity index is 232. The zero-order valence-corrected chi connectivity index (χ0v) is 9.21. The molecule has 0 aliphatic carbocycles. The van der Waals surface area contributed by atoms with Crippen molar-refractivity contribution in [1.82, 2.24) is 0 Å². The van der Waals surface area contributed by atoms with Crippen LogP contribution in [-0.4, -0.2) is 12.1 Å². The molecule has 1 fully saturated rings. The van der Waals surface area contributed by atoms with Gasteiger partial charge >= 0.3 is 5.97 Å². The van der Waals surface area contributed by atoms with E-state index >= 15 is 0 Å². The van der Waals surface area contributed by atoms with Gasteiger partial charge in [0.15, 0.2) is 0 Å². The summed E-state index contributed by atoms with van der Waals surface area (Å²) in [4.78, 5) is 10.8. The van der Waals surface area contributed by atoms with E-state index in [2.05, 4.69) is 6.07 Å². The van der Waals surface area contributed by atoms with Gasteiger partial charge in [-0.2, -0.15) is 5.26 Å². The molecule has 1 aliphatic heterocycles. The molecule has 0 aromatic carbocycles. The van der Waals surface area contributed by atoms with E-state index < -0.39 is 0 Å². The summed E-state index contributed by atoms with van der Waals surface area (Å²) in [6.45, 7) is 0. The van der Waals surface area contributed by atoms with Crippen LogP contribution in [0, 0.1) is 11.3 Å². The second kappa shape index (κ2) is 7.28. The van der Waals surface area contributed by atoms with Crippen LogP contribution in [0.2, 0.25) is 0 Å². The molecule has 3 heteroatoms. The molecular weight excluding hydrogens is 190 g/mol. The number of hydrogen-bond donors (Lipinski definition) is 0. The molecule has 0 spiro atoms. The number of unbranched alkanes of at least 4 members (excludes halogenated alkanes) is 5. The van der Waals surface area contributed by atoms with Crippen molar-refractivity contribution < 1.29 is 9.53 Å². The quantitative estimate of drug-likeness (QED) is 0.478. The highest BCUT2D eigenvalue weighted by atomic mass is 16.5. The van der Waals surface area contributed by atoms with Crippen molar-refractivity contribution in [2.75, 3.05) is 0 Å². The molecule has 1 saturated heterocycles. The maximum Gasteiger partial charge on any atom is 0.306 e. The van der Waals surface area contributed by atoms with Gasteiger partial charge in [-0.25, -0.2) is 0 Å². The fourth-order valence-electron chi connectivity index (χ4n) is 1.89. The lowest BCUT2D eigenvalue weighted by Crippen LogP contribution is -2.06. The lowest BCUT2D eigenvalue weighted by Gasteiger charge is -2.07. The first-order chi connectivity index (χ1) is 7.33. The molecule has 0 amide bonds. The summed E-state index contributed by atoms with van der Waals surface area (Å²) in [5, 5.41) is 8.34. The van der Waals surface area contributed by atoms with E-state index in [0.717, 1.165) is 32.1 Å². The van der Waals surface area contributed by atoms with Crippen LogP contribution in [0.5, 0.6) is 0 Å². The summed E-state index contributed by atoms with van der Waals surface area (Å²) >= 11 is 0. The second-order valence-corrected chi connectivity index (χ2v) is 4.12. The summed E-state index contributed by atoms with van der Waals surface area (Å²) in [6.07, 6.45) is 9.11. The highest BCUT2D eigenvalue weighted by molar-refractivity contribution is 5.71. The monoisotopic (exact) mass is 209 g/mol. The van der Waals surface area contributed by atoms with Gasteiger partial charge in [-0.15, -0.1) is 0 Å². The molecule has 0 unspecified atom stereocenters. The van der Waals surface area contributed by atoms with Gasteiger partial charge in [-0.3, -0.25) is 4.79 Å². The van der Waals surface area contributed by atoms with E-state index in [4.69, 9.17) is 10.00 Å². The second-order valence-electron chi connectivity index (χ2n) is 4.12. The van der Waals surface area contributed by atoms with E-state index in [1.165, 1.54) is 12.8 Å². The van der Waals surface area contributed by atoms with Gasteiger partial charge in [-0.1, -0.05) is 19.3 Å². The van der Waals surface area contributed by atoms with Crippen LogP contribution in [0.4, 0.5) is 0 Å². The molecule has 1 heterocycles. The fourth-order valence-corrected chi connectivity index (χ4v) is 1.89. The number of cyclic esters (lactones) is 1. The van der Waals surface area contributed by atoms with Crippen LogP contribution in [0.15, 0.2) is 0 Å². The highest BCUT2D eigenvalue weighted by Crippen LogP contribution is 2.19. The molecule has 0 radical (unpaired) electrons. The van der Waals surface area contributed by atoms with Crippen LogP contribution in [0.3, 0.4) is 0 Å². The Morgan fingerprint density at radius 1 is 1.27 bits per heavy atom. The Balaban J connectivity index is 1.85. The zero-order valence-electron chi connectivity index (χ0n) is 9.21. The molecule has 0 bridgehead atoms. The van der Waals surface area contributed by atoms with Crippen LogP contribution in [0.1, 0.15) is 57.8 Å². The first kappa shape index (κ1) is 12.0. The van der Waals surface area contributed by atoms with Crippen molar-refractivity contribution in [1.29, 1.82) is 5.26 Å². The summed E-state index contributed by atoms with van der Waals surface area (Å²) in [6, 6.07) is 2.15. The van der Waals surface area contributed by atoms with E-state index in [0.29, 0.717) is 12.8 Å². The molecule has 1 aliphatic rings. The minimum atomic E-state index is -0.0333. The van der Waals surface area contributed by atoms with E-state index in [1.54, 1.807) is 0 Å². The molecule has 3 nitrogen and oxygen atoms in total. The van der Waals surface area contributed by atoms with Crippen molar-refractivity contribution >= 4 is 5.97 Å². The maximum atomic E-state index is 10.8. The number of nitrogens with zero attached hydrogens (tertiary/aromatic N) is 1. The molecule has 1 rings (SSSR count). The molecule has 84 valence electrons. The zero-order chi connectivity index (χ0) is 10.9. The number of carbonyl (C=O) groups is 1. The number of carbonyl (C=O) groups excluding carboxylic acids is 1. The van der Waals surface area contributed by atoms with E-state index in [9.17, 15) is 4.79 Å². The molecule has 0 N–H and O–H groups in total. The molecule has 0 aromatic heterocycles. The average Bonchev–Trinajstić information content (AvgIpc) is 2.63. The fraction of sp³-hybridized carbons (Fsp3) is 0.833. The van der Waals surface area contributed by atoms with Crippen LogP contribution < -0.4 is 0 Å². The summed E-state index contributed by atoms with van der Waals surface area (Å²) in [7, 11) is 0. The number of nitriles is 1. The van der Waals surface area contributed by atoms with Crippen LogP contribution in [-0.2, 0) is 9.53 Å². The number of rotatable bonds is 7. The van der Waals surface area contributed by atoms with Crippen molar-refractivity contribution in [3.05, 3.63) is 0 Å². The Hall–Kier alpha value is -1.04. The minimum Gasteiger partial charge on any atom is -0.462 e. The Morgan fingerprint density at radius 3 is 2.67 bits per heavy atom. The lowest BCUT2D eigenvalue weighted by atomic mass is 10.1. The Morgan fingerprint density at radius 2 is 2.00 bits per heavy atom. The van der Waals surface area contributed by atoms with Gasteiger partial charge in [0, 0.05) is 12.8 Å². The summed E-state index contributed by atoms with van der Waals surface area (Å²) < 4.78 is 5.12. The van der Waals surface area contributed by atoms with Gasteiger partial charge in [-0.05, 0) is 25.7 Å². The average molecular weight is 209 g/mol. The third kappa shape index (κ3) is 5.41. The number of ether oxygens (including phenoxy) is 1.